The molecule has 7 heteroatoms. The van der Waals surface area contributed by atoms with Crippen LogP contribution in [-0.2, 0) is 6.42 Å². The topological polar surface area (TPSA) is 97.4 Å². The predicted molar refractivity (Wildman–Crippen MR) is 105 cm³/mol. The van der Waals surface area contributed by atoms with E-state index in [2.05, 4.69) is 42.3 Å². The second-order valence-electron chi connectivity index (χ2n) is 7.75. The Kier molecular flexibility index (Phi) is 4.16. The number of nitrogens with one attached hydrogen (secondary N) is 2. The Hall–Kier alpha value is -2.67. The number of pyridine rings is 1. The normalized spacial score (nSPS) is 18.1. The van der Waals surface area contributed by atoms with Crippen molar-refractivity contribution in [3.63, 3.8) is 0 Å². The number of H-pyrrole nitrogens is 1. The molecule has 1 saturated carbocycles. The van der Waals surface area contributed by atoms with Gasteiger partial charge in [-0.05, 0) is 57.2 Å². The molecule has 1 aliphatic heterocycles. The van der Waals surface area contributed by atoms with Crippen LogP contribution in [0.3, 0.4) is 0 Å². The van der Waals surface area contributed by atoms with Gasteiger partial charge in [-0.25, -0.2) is 9.97 Å². The van der Waals surface area contributed by atoms with Crippen molar-refractivity contribution in [1.82, 2.24) is 30.0 Å². The fourth-order valence-electron chi connectivity index (χ4n) is 3.81. The van der Waals surface area contributed by atoms with Gasteiger partial charge in [0.2, 0.25) is 0 Å². The maximum atomic E-state index is 6.15. The zero-order valence-corrected chi connectivity index (χ0v) is 15.4. The molecule has 4 N–H and O–H groups in total. The zero-order valence-electron chi connectivity index (χ0n) is 15.4. The van der Waals surface area contributed by atoms with E-state index in [4.69, 9.17) is 5.73 Å². The molecule has 27 heavy (non-hydrogen) atoms. The molecule has 0 spiro atoms. The molecule has 0 unspecified atom stereocenters. The summed E-state index contributed by atoms with van der Waals surface area (Å²) in [4.78, 5) is 12.4. The van der Waals surface area contributed by atoms with E-state index < -0.39 is 0 Å². The van der Waals surface area contributed by atoms with Crippen molar-refractivity contribution in [3.05, 3.63) is 36.5 Å². The molecule has 140 valence electrons. The summed E-state index contributed by atoms with van der Waals surface area (Å²) in [6.07, 6.45) is 13.7. The summed E-state index contributed by atoms with van der Waals surface area (Å²) in [5.74, 6) is 2.11. The standard InChI is InChI=1S/C20H25N7/c21-19-18(20-24-11-16(26-20)7-13-1-2-13)8-14(9-23-19)15-10-25-27(12-15)17-3-5-22-6-4-17/h8-13,17,22H,1-7H2,(H2,21,23)(H,24,26). The summed E-state index contributed by atoms with van der Waals surface area (Å²) in [5.41, 5.74) is 10.2. The fraction of sp³-hybridized carbons (Fsp3) is 0.450. The number of aromatic amines is 1. The van der Waals surface area contributed by atoms with Crippen molar-refractivity contribution in [2.24, 2.45) is 5.92 Å². The number of hydrogen-bond donors (Lipinski definition) is 3. The number of nitrogen functional groups attached to an aromatic ring is 1. The molecule has 0 aromatic carbocycles. The first-order valence-electron chi connectivity index (χ1n) is 9.81. The maximum Gasteiger partial charge on any atom is 0.141 e. The predicted octanol–water partition coefficient (Wildman–Crippen LogP) is 2.79. The van der Waals surface area contributed by atoms with Crippen LogP contribution in [0.25, 0.3) is 22.5 Å². The van der Waals surface area contributed by atoms with Crippen molar-refractivity contribution in [2.75, 3.05) is 18.8 Å². The molecule has 0 radical (unpaired) electrons. The van der Waals surface area contributed by atoms with Gasteiger partial charge in [0.05, 0.1) is 17.8 Å². The van der Waals surface area contributed by atoms with Crippen LogP contribution >= 0.6 is 0 Å². The number of aromatic nitrogens is 5. The maximum absolute atomic E-state index is 6.15. The van der Waals surface area contributed by atoms with Gasteiger partial charge in [-0.3, -0.25) is 4.68 Å². The summed E-state index contributed by atoms with van der Waals surface area (Å²) >= 11 is 0. The molecule has 1 aliphatic carbocycles. The molecule has 1 saturated heterocycles. The van der Waals surface area contributed by atoms with E-state index in [0.29, 0.717) is 11.9 Å². The molecular formula is C20H25N7. The summed E-state index contributed by atoms with van der Waals surface area (Å²) in [7, 11) is 0. The highest BCUT2D eigenvalue weighted by atomic mass is 15.3. The second kappa shape index (κ2) is 6.81. The van der Waals surface area contributed by atoms with Gasteiger partial charge in [0.1, 0.15) is 11.6 Å². The number of imidazole rings is 1. The SMILES string of the molecule is Nc1ncc(-c2cnn(C3CCNCC3)c2)cc1-c1ncc(CC2CC2)[nH]1. The molecule has 7 nitrogen and oxygen atoms in total. The third-order valence-electron chi connectivity index (χ3n) is 5.63. The molecule has 0 amide bonds. The molecule has 2 fully saturated rings. The minimum atomic E-state index is 0.469. The van der Waals surface area contributed by atoms with E-state index in [0.717, 1.165) is 60.8 Å². The summed E-state index contributed by atoms with van der Waals surface area (Å²) < 4.78 is 2.09. The smallest absolute Gasteiger partial charge is 0.141 e. The Morgan fingerprint density at radius 3 is 2.70 bits per heavy atom. The molecule has 3 aromatic rings. The largest absolute Gasteiger partial charge is 0.383 e. The van der Waals surface area contributed by atoms with Crippen LogP contribution in [0.2, 0.25) is 0 Å². The first-order chi connectivity index (χ1) is 13.3. The van der Waals surface area contributed by atoms with Crippen LogP contribution in [0.5, 0.6) is 0 Å². The molecule has 0 bridgehead atoms. The van der Waals surface area contributed by atoms with Gasteiger partial charge in [-0.1, -0.05) is 0 Å². The van der Waals surface area contributed by atoms with E-state index in [9.17, 15) is 0 Å². The number of piperidine rings is 1. The van der Waals surface area contributed by atoms with Gasteiger partial charge in [-0.15, -0.1) is 0 Å². The summed E-state index contributed by atoms with van der Waals surface area (Å²) in [6.45, 7) is 2.10. The Morgan fingerprint density at radius 2 is 1.89 bits per heavy atom. The van der Waals surface area contributed by atoms with Crippen molar-refractivity contribution in [3.8, 4) is 22.5 Å². The lowest BCUT2D eigenvalue weighted by molar-refractivity contribution is 0.343. The zero-order chi connectivity index (χ0) is 18.2. The first-order valence-corrected chi connectivity index (χ1v) is 9.81. The Morgan fingerprint density at radius 1 is 1.04 bits per heavy atom. The highest BCUT2D eigenvalue weighted by Gasteiger charge is 2.23. The van der Waals surface area contributed by atoms with Crippen molar-refractivity contribution in [2.45, 2.75) is 38.1 Å². The summed E-state index contributed by atoms with van der Waals surface area (Å²) in [6, 6.07) is 2.53. The van der Waals surface area contributed by atoms with Crippen LogP contribution in [-0.4, -0.2) is 37.8 Å². The van der Waals surface area contributed by atoms with E-state index in [1.807, 2.05) is 18.6 Å². The average molecular weight is 363 g/mol. The Labute approximate surface area is 158 Å². The van der Waals surface area contributed by atoms with Crippen LogP contribution in [0.1, 0.15) is 37.4 Å². The minimum Gasteiger partial charge on any atom is -0.383 e. The third kappa shape index (κ3) is 3.47. The molecule has 4 heterocycles. The molecule has 0 atom stereocenters. The van der Waals surface area contributed by atoms with Gasteiger partial charge >= 0.3 is 0 Å². The lowest BCUT2D eigenvalue weighted by atomic mass is 10.1. The molecule has 2 aliphatic rings. The highest BCUT2D eigenvalue weighted by molar-refractivity contribution is 5.75. The van der Waals surface area contributed by atoms with Gasteiger partial charge in [0, 0.05) is 35.4 Å². The van der Waals surface area contributed by atoms with E-state index in [1.165, 1.54) is 18.5 Å². The monoisotopic (exact) mass is 363 g/mol. The van der Waals surface area contributed by atoms with Crippen molar-refractivity contribution < 1.29 is 0 Å². The fourth-order valence-corrected chi connectivity index (χ4v) is 3.81. The average Bonchev–Trinajstić information content (AvgIpc) is 3.18. The number of anilines is 1. The van der Waals surface area contributed by atoms with Gasteiger partial charge < -0.3 is 16.0 Å². The van der Waals surface area contributed by atoms with Gasteiger partial charge in [0.25, 0.3) is 0 Å². The van der Waals surface area contributed by atoms with E-state index >= 15 is 0 Å². The minimum absolute atomic E-state index is 0.469. The highest BCUT2D eigenvalue weighted by Crippen LogP contribution is 2.33. The van der Waals surface area contributed by atoms with Crippen LogP contribution < -0.4 is 11.1 Å². The Balaban J connectivity index is 1.41. The van der Waals surface area contributed by atoms with Crippen molar-refractivity contribution >= 4 is 5.82 Å². The lowest BCUT2D eigenvalue weighted by Gasteiger charge is -2.22. The first kappa shape index (κ1) is 16.5. The number of nitrogens with zero attached hydrogens (tertiary/aromatic N) is 4. The van der Waals surface area contributed by atoms with Gasteiger partial charge in [-0.2, -0.15) is 5.10 Å². The van der Waals surface area contributed by atoms with Crippen LogP contribution in [0.4, 0.5) is 5.82 Å². The van der Waals surface area contributed by atoms with E-state index in [1.54, 1.807) is 0 Å². The second-order valence-corrected chi connectivity index (χ2v) is 7.75. The molecular weight excluding hydrogens is 338 g/mol. The quantitative estimate of drug-likeness (QED) is 0.647. The van der Waals surface area contributed by atoms with E-state index in [-0.39, 0.29) is 0 Å². The lowest BCUT2D eigenvalue weighted by Crippen LogP contribution is -2.29. The number of hydrogen-bond acceptors (Lipinski definition) is 5. The molecule has 5 rings (SSSR count). The van der Waals surface area contributed by atoms with Crippen molar-refractivity contribution in [1.29, 1.82) is 0 Å². The number of rotatable bonds is 5. The molecule has 3 aromatic heterocycles. The van der Waals surface area contributed by atoms with Crippen LogP contribution in [0, 0.1) is 5.92 Å². The van der Waals surface area contributed by atoms with Gasteiger partial charge in [0.15, 0.2) is 0 Å². The van der Waals surface area contributed by atoms with Crippen LogP contribution in [0.15, 0.2) is 30.9 Å². The number of nitrogens with two attached hydrogens (primary N) is 1. The third-order valence-corrected chi connectivity index (χ3v) is 5.63. The summed E-state index contributed by atoms with van der Waals surface area (Å²) in [5, 5.41) is 7.99. The Bertz CT molecular complexity index is 931.